The molecule has 1 aromatic carbocycles. The molecule has 0 aliphatic carbocycles. The number of nitrogens with one attached hydrogen (secondary N) is 1. The van der Waals surface area contributed by atoms with Crippen LogP contribution in [0.4, 0.5) is 4.39 Å². The topological polar surface area (TPSA) is 21.3 Å². The summed E-state index contributed by atoms with van der Waals surface area (Å²) in [5.41, 5.74) is 0. The smallest absolute Gasteiger partial charge is 0.165 e. The van der Waals surface area contributed by atoms with Gasteiger partial charge in [0.1, 0.15) is 0 Å². The molecule has 1 heterocycles. The van der Waals surface area contributed by atoms with Crippen molar-refractivity contribution in [2.75, 3.05) is 19.7 Å². The van der Waals surface area contributed by atoms with E-state index in [1.807, 2.05) is 0 Å². The van der Waals surface area contributed by atoms with E-state index >= 15 is 0 Å². The predicted molar refractivity (Wildman–Crippen MR) is 62.1 cm³/mol. The van der Waals surface area contributed by atoms with Crippen molar-refractivity contribution < 1.29 is 9.13 Å². The van der Waals surface area contributed by atoms with E-state index in [2.05, 4.69) is 5.32 Å². The zero-order valence-corrected chi connectivity index (χ0v) is 9.42. The van der Waals surface area contributed by atoms with E-state index in [-0.39, 0.29) is 5.82 Å². The number of para-hydroxylation sites is 1. The van der Waals surface area contributed by atoms with Crippen LogP contribution in [0.2, 0.25) is 0 Å². The first-order valence-electron chi connectivity index (χ1n) is 5.94. The van der Waals surface area contributed by atoms with Gasteiger partial charge in [-0.3, -0.25) is 0 Å². The Bertz CT molecular complexity index is 323. The first kappa shape index (κ1) is 11.4. The van der Waals surface area contributed by atoms with Gasteiger partial charge >= 0.3 is 0 Å². The lowest BCUT2D eigenvalue weighted by Crippen LogP contribution is -2.30. The van der Waals surface area contributed by atoms with Gasteiger partial charge in [0.25, 0.3) is 0 Å². The molecule has 1 fully saturated rings. The van der Waals surface area contributed by atoms with Gasteiger partial charge < -0.3 is 10.1 Å². The highest BCUT2D eigenvalue weighted by molar-refractivity contribution is 5.23. The predicted octanol–water partition coefficient (Wildman–Crippen LogP) is 2.59. The minimum Gasteiger partial charge on any atom is -0.491 e. The second kappa shape index (κ2) is 5.85. The Hall–Kier alpha value is -1.09. The Morgan fingerprint density at radius 1 is 1.38 bits per heavy atom. The fourth-order valence-electron chi connectivity index (χ4n) is 2.07. The molecule has 0 saturated carbocycles. The van der Waals surface area contributed by atoms with Gasteiger partial charge in [-0.2, -0.15) is 0 Å². The van der Waals surface area contributed by atoms with Crippen molar-refractivity contribution >= 4 is 0 Å². The van der Waals surface area contributed by atoms with E-state index in [9.17, 15) is 4.39 Å². The quantitative estimate of drug-likeness (QED) is 0.847. The Kier molecular flexibility index (Phi) is 4.17. The number of hydrogen-bond donors (Lipinski definition) is 1. The molecule has 88 valence electrons. The standard InChI is InChI=1S/C13H18FNO/c14-12-5-1-2-6-13(12)16-9-7-11-4-3-8-15-10-11/h1-2,5-6,11,15H,3-4,7-10H2. The monoisotopic (exact) mass is 223 g/mol. The molecule has 0 amide bonds. The summed E-state index contributed by atoms with van der Waals surface area (Å²) in [5.74, 6) is 0.774. The van der Waals surface area contributed by atoms with Gasteiger partial charge in [-0.1, -0.05) is 12.1 Å². The van der Waals surface area contributed by atoms with Crippen LogP contribution in [0.25, 0.3) is 0 Å². The van der Waals surface area contributed by atoms with Crippen molar-refractivity contribution in [3.05, 3.63) is 30.1 Å². The Labute approximate surface area is 95.8 Å². The summed E-state index contributed by atoms with van der Waals surface area (Å²) in [5, 5.41) is 3.37. The minimum atomic E-state index is -0.274. The second-order valence-corrected chi connectivity index (χ2v) is 4.28. The molecule has 3 heteroatoms. The van der Waals surface area contributed by atoms with Crippen LogP contribution in [0, 0.1) is 11.7 Å². The highest BCUT2D eigenvalue weighted by Crippen LogP contribution is 2.18. The number of rotatable bonds is 4. The number of halogens is 1. The van der Waals surface area contributed by atoms with E-state index < -0.39 is 0 Å². The normalized spacial score (nSPS) is 20.7. The Morgan fingerprint density at radius 2 is 2.25 bits per heavy atom. The molecule has 2 rings (SSSR count). The van der Waals surface area contributed by atoms with Crippen molar-refractivity contribution in [1.29, 1.82) is 0 Å². The molecule has 1 aliphatic heterocycles. The molecular formula is C13H18FNO. The maximum absolute atomic E-state index is 13.2. The SMILES string of the molecule is Fc1ccccc1OCCC1CCCNC1. The summed E-state index contributed by atoms with van der Waals surface area (Å²) in [6, 6.07) is 6.57. The molecule has 1 atom stereocenters. The van der Waals surface area contributed by atoms with Gasteiger partial charge in [-0.25, -0.2) is 4.39 Å². The van der Waals surface area contributed by atoms with Gasteiger partial charge in [0, 0.05) is 0 Å². The molecule has 0 aromatic heterocycles. The van der Waals surface area contributed by atoms with Crippen LogP contribution in [-0.4, -0.2) is 19.7 Å². The second-order valence-electron chi connectivity index (χ2n) is 4.28. The van der Waals surface area contributed by atoms with Gasteiger partial charge in [0.2, 0.25) is 0 Å². The van der Waals surface area contributed by atoms with Gasteiger partial charge in [0.15, 0.2) is 11.6 Å². The average Bonchev–Trinajstić information content (AvgIpc) is 2.33. The van der Waals surface area contributed by atoms with E-state index in [4.69, 9.17) is 4.74 Å². The minimum absolute atomic E-state index is 0.274. The van der Waals surface area contributed by atoms with Crippen molar-refractivity contribution in [2.45, 2.75) is 19.3 Å². The van der Waals surface area contributed by atoms with E-state index in [0.29, 0.717) is 18.3 Å². The molecule has 1 unspecified atom stereocenters. The Morgan fingerprint density at radius 3 is 3.00 bits per heavy atom. The largest absolute Gasteiger partial charge is 0.491 e. The highest BCUT2D eigenvalue weighted by Gasteiger charge is 2.12. The van der Waals surface area contributed by atoms with Crippen molar-refractivity contribution in [1.82, 2.24) is 5.32 Å². The molecule has 1 N–H and O–H groups in total. The third-order valence-electron chi connectivity index (χ3n) is 3.02. The molecule has 16 heavy (non-hydrogen) atoms. The molecule has 1 aromatic rings. The zero-order valence-electron chi connectivity index (χ0n) is 9.42. The number of ether oxygens (including phenoxy) is 1. The summed E-state index contributed by atoms with van der Waals surface area (Å²) >= 11 is 0. The summed E-state index contributed by atoms with van der Waals surface area (Å²) < 4.78 is 18.7. The Balaban J connectivity index is 1.73. The average molecular weight is 223 g/mol. The molecule has 2 nitrogen and oxygen atoms in total. The lowest BCUT2D eigenvalue weighted by atomic mass is 9.97. The van der Waals surface area contributed by atoms with Crippen LogP contribution < -0.4 is 10.1 Å². The van der Waals surface area contributed by atoms with E-state index in [0.717, 1.165) is 19.5 Å². The summed E-state index contributed by atoms with van der Waals surface area (Å²) in [6.07, 6.45) is 3.50. The van der Waals surface area contributed by atoms with E-state index in [1.54, 1.807) is 18.2 Å². The number of benzene rings is 1. The highest BCUT2D eigenvalue weighted by atomic mass is 19.1. The molecule has 0 radical (unpaired) electrons. The maximum atomic E-state index is 13.2. The summed E-state index contributed by atoms with van der Waals surface area (Å²) in [7, 11) is 0. The van der Waals surface area contributed by atoms with Crippen molar-refractivity contribution in [3.63, 3.8) is 0 Å². The molecule has 1 saturated heterocycles. The number of piperidine rings is 1. The van der Waals surface area contributed by atoms with Crippen LogP contribution >= 0.6 is 0 Å². The summed E-state index contributed by atoms with van der Waals surface area (Å²) in [4.78, 5) is 0. The molecule has 0 bridgehead atoms. The van der Waals surface area contributed by atoms with Gasteiger partial charge in [-0.05, 0) is 50.4 Å². The first-order valence-corrected chi connectivity index (χ1v) is 5.94. The fourth-order valence-corrected chi connectivity index (χ4v) is 2.07. The third kappa shape index (κ3) is 3.20. The molecule has 1 aliphatic rings. The first-order chi connectivity index (χ1) is 7.86. The lowest BCUT2D eigenvalue weighted by Gasteiger charge is -2.22. The third-order valence-corrected chi connectivity index (χ3v) is 3.02. The van der Waals surface area contributed by atoms with Gasteiger partial charge in [0.05, 0.1) is 6.61 Å². The number of hydrogen-bond acceptors (Lipinski definition) is 2. The fraction of sp³-hybridized carbons (Fsp3) is 0.538. The maximum Gasteiger partial charge on any atom is 0.165 e. The van der Waals surface area contributed by atoms with Crippen LogP contribution in [0.3, 0.4) is 0 Å². The molecule has 0 spiro atoms. The van der Waals surface area contributed by atoms with E-state index in [1.165, 1.54) is 18.9 Å². The lowest BCUT2D eigenvalue weighted by molar-refractivity contribution is 0.246. The van der Waals surface area contributed by atoms with Gasteiger partial charge in [-0.15, -0.1) is 0 Å². The van der Waals surface area contributed by atoms with Crippen LogP contribution in [0.15, 0.2) is 24.3 Å². The summed E-state index contributed by atoms with van der Waals surface area (Å²) in [6.45, 7) is 2.80. The van der Waals surface area contributed by atoms with Crippen molar-refractivity contribution in [2.24, 2.45) is 5.92 Å². The van der Waals surface area contributed by atoms with Crippen LogP contribution in [0.1, 0.15) is 19.3 Å². The van der Waals surface area contributed by atoms with Crippen molar-refractivity contribution in [3.8, 4) is 5.75 Å². The molecular weight excluding hydrogens is 205 g/mol. The van der Waals surface area contributed by atoms with Crippen LogP contribution in [-0.2, 0) is 0 Å². The zero-order chi connectivity index (χ0) is 11.2. The van der Waals surface area contributed by atoms with Crippen LogP contribution in [0.5, 0.6) is 5.75 Å².